The summed E-state index contributed by atoms with van der Waals surface area (Å²) in [6.07, 6.45) is 1.33. The molecule has 0 fully saturated rings. The fourth-order valence-electron chi connectivity index (χ4n) is 1.88. The van der Waals surface area contributed by atoms with E-state index >= 15 is 0 Å². The second-order valence-electron chi connectivity index (χ2n) is 5.96. The largest absolute Gasteiger partial charge is 0.459 e. The molecule has 0 aliphatic rings. The van der Waals surface area contributed by atoms with Crippen LogP contribution in [0.4, 0.5) is 5.69 Å². The summed E-state index contributed by atoms with van der Waals surface area (Å²) in [6.45, 7) is 6.19. The van der Waals surface area contributed by atoms with E-state index in [0.29, 0.717) is 17.8 Å². The molecule has 0 bridgehead atoms. The van der Waals surface area contributed by atoms with E-state index in [0.717, 1.165) is 5.56 Å². The second kappa shape index (κ2) is 7.08. The molecule has 0 aliphatic carbocycles. The van der Waals surface area contributed by atoms with E-state index in [9.17, 15) is 4.79 Å². The van der Waals surface area contributed by atoms with Gasteiger partial charge in [-0.3, -0.25) is 9.69 Å². The molecule has 0 spiro atoms. The summed E-state index contributed by atoms with van der Waals surface area (Å²) < 4.78 is 5.28. The van der Waals surface area contributed by atoms with Gasteiger partial charge in [-0.15, -0.1) is 0 Å². The molecule has 0 aliphatic heterocycles. The summed E-state index contributed by atoms with van der Waals surface area (Å²) >= 11 is 0. The van der Waals surface area contributed by atoms with E-state index in [4.69, 9.17) is 15.7 Å². The average molecular weight is 293 g/mol. The molecule has 1 rings (SSSR count). The lowest BCUT2D eigenvalue weighted by atomic mass is 10.1. The van der Waals surface area contributed by atoms with E-state index in [1.165, 1.54) is 6.21 Å². The quantitative estimate of drug-likeness (QED) is 0.284. The minimum absolute atomic E-state index is 0.178. The topological polar surface area (TPSA) is 88.2 Å². The zero-order valence-electron chi connectivity index (χ0n) is 13.0. The Balaban J connectivity index is 2.71. The Hall–Kier alpha value is -2.08. The van der Waals surface area contributed by atoms with Crippen LogP contribution in [0.1, 0.15) is 31.9 Å². The molecule has 3 N–H and O–H groups in total. The van der Waals surface area contributed by atoms with E-state index in [1.54, 1.807) is 12.1 Å². The van der Waals surface area contributed by atoms with Crippen LogP contribution in [0.25, 0.3) is 0 Å². The van der Waals surface area contributed by atoms with Gasteiger partial charge < -0.3 is 15.7 Å². The number of esters is 1. The van der Waals surface area contributed by atoms with Crippen molar-refractivity contribution in [1.82, 2.24) is 4.90 Å². The zero-order valence-corrected chi connectivity index (χ0v) is 13.0. The highest BCUT2D eigenvalue weighted by atomic mass is 16.6. The number of likely N-dealkylation sites (N-methyl/N-ethyl adjacent to an activating group) is 1. The molecule has 0 heterocycles. The molecule has 0 unspecified atom stereocenters. The number of benzene rings is 1. The highest BCUT2D eigenvalue weighted by Gasteiger charge is 2.18. The smallest absolute Gasteiger partial charge is 0.320 e. The van der Waals surface area contributed by atoms with Crippen LogP contribution in [0.3, 0.4) is 0 Å². The van der Waals surface area contributed by atoms with Crippen LogP contribution in [0.2, 0.25) is 0 Å². The lowest BCUT2D eigenvalue weighted by molar-refractivity contribution is -0.155. The summed E-state index contributed by atoms with van der Waals surface area (Å²) in [4.78, 5) is 13.6. The Bertz CT molecular complexity index is 521. The van der Waals surface area contributed by atoms with Gasteiger partial charge in [0.1, 0.15) is 5.60 Å². The van der Waals surface area contributed by atoms with Gasteiger partial charge in [0, 0.05) is 17.8 Å². The van der Waals surface area contributed by atoms with Crippen molar-refractivity contribution in [3.05, 3.63) is 29.3 Å². The van der Waals surface area contributed by atoms with Crippen LogP contribution in [-0.2, 0) is 16.1 Å². The minimum atomic E-state index is -0.492. The van der Waals surface area contributed by atoms with Crippen molar-refractivity contribution in [3.8, 4) is 0 Å². The van der Waals surface area contributed by atoms with Crippen LogP contribution in [0, 0.1) is 0 Å². The van der Waals surface area contributed by atoms with E-state index in [-0.39, 0.29) is 12.5 Å². The van der Waals surface area contributed by atoms with Crippen LogP contribution in [-0.4, -0.2) is 41.5 Å². The standard InChI is InChI=1S/C15H23N3O3/c1-15(2,3)21-14(19)10-18(4)9-11-5-6-13(16)7-12(11)8-17-20/h5-8,20H,9-10,16H2,1-4H3/b17-8-. The maximum absolute atomic E-state index is 11.8. The highest BCUT2D eigenvalue weighted by molar-refractivity contribution is 5.82. The number of hydrogen-bond acceptors (Lipinski definition) is 6. The van der Waals surface area contributed by atoms with Crippen LogP contribution in [0.5, 0.6) is 0 Å². The molecule has 6 heteroatoms. The molecule has 6 nitrogen and oxygen atoms in total. The molecule has 21 heavy (non-hydrogen) atoms. The molecule has 0 saturated carbocycles. The average Bonchev–Trinajstić information content (AvgIpc) is 2.30. The van der Waals surface area contributed by atoms with E-state index < -0.39 is 5.60 Å². The van der Waals surface area contributed by atoms with Gasteiger partial charge in [-0.05, 0) is 45.5 Å². The molecule has 1 aromatic rings. The first-order valence-corrected chi connectivity index (χ1v) is 6.67. The molecule has 0 radical (unpaired) electrons. The van der Waals surface area contributed by atoms with Crippen molar-refractivity contribution in [2.75, 3.05) is 19.3 Å². The number of nitrogens with zero attached hydrogens (tertiary/aromatic N) is 2. The second-order valence-corrected chi connectivity index (χ2v) is 5.96. The van der Waals surface area contributed by atoms with Gasteiger partial charge in [0.05, 0.1) is 12.8 Å². The van der Waals surface area contributed by atoms with E-state index in [2.05, 4.69) is 5.16 Å². The first-order valence-electron chi connectivity index (χ1n) is 6.67. The van der Waals surface area contributed by atoms with Gasteiger partial charge in [0.25, 0.3) is 0 Å². The van der Waals surface area contributed by atoms with Crippen LogP contribution < -0.4 is 5.73 Å². The Morgan fingerprint density at radius 1 is 1.48 bits per heavy atom. The third-order valence-corrected chi connectivity index (χ3v) is 2.63. The first-order chi connectivity index (χ1) is 9.71. The maximum atomic E-state index is 11.8. The van der Waals surface area contributed by atoms with Gasteiger partial charge in [-0.1, -0.05) is 11.2 Å². The Kier molecular flexibility index (Phi) is 5.72. The summed E-state index contributed by atoms with van der Waals surface area (Å²) in [7, 11) is 1.82. The third kappa shape index (κ3) is 6.27. The predicted molar refractivity (Wildman–Crippen MR) is 82.4 cm³/mol. The van der Waals surface area contributed by atoms with Crippen molar-refractivity contribution < 1.29 is 14.7 Å². The number of hydrogen-bond donors (Lipinski definition) is 2. The lowest BCUT2D eigenvalue weighted by Crippen LogP contribution is -2.32. The number of nitrogen functional groups attached to an aromatic ring is 1. The molecule has 0 amide bonds. The predicted octanol–water partition coefficient (Wildman–Crippen LogP) is 1.85. The Morgan fingerprint density at radius 2 is 2.14 bits per heavy atom. The van der Waals surface area contributed by atoms with Crippen molar-refractivity contribution in [3.63, 3.8) is 0 Å². The number of carbonyl (C=O) groups excluding carboxylic acids is 1. The number of carbonyl (C=O) groups is 1. The summed E-state index contributed by atoms with van der Waals surface area (Å²) in [5, 5.41) is 11.7. The van der Waals surface area contributed by atoms with Gasteiger partial charge in [0.2, 0.25) is 0 Å². The van der Waals surface area contributed by atoms with Crippen LogP contribution in [0.15, 0.2) is 23.4 Å². The third-order valence-electron chi connectivity index (χ3n) is 2.63. The fraction of sp³-hybridized carbons (Fsp3) is 0.467. The SMILES string of the molecule is CN(CC(=O)OC(C)(C)C)Cc1ccc(N)cc1/C=N\O. The van der Waals surface area contributed by atoms with Crippen molar-refractivity contribution >= 4 is 17.9 Å². The van der Waals surface area contributed by atoms with E-state index in [1.807, 2.05) is 38.8 Å². The molecule has 0 atom stereocenters. The molecule has 0 aromatic heterocycles. The molecule has 0 saturated heterocycles. The van der Waals surface area contributed by atoms with Crippen molar-refractivity contribution in [2.45, 2.75) is 32.9 Å². The lowest BCUT2D eigenvalue weighted by Gasteiger charge is -2.22. The number of ether oxygens (including phenoxy) is 1. The van der Waals surface area contributed by atoms with Crippen molar-refractivity contribution in [2.24, 2.45) is 5.16 Å². The number of oxime groups is 1. The normalized spacial score (nSPS) is 12.0. The van der Waals surface area contributed by atoms with Gasteiger partial charge in [-0.25, -0.2) is 0 Å². The van der Waals surface area contributed by atoms with Crippen molar-refractivity contribution in [1.29, 1.82) is 0 Å². The molecule has 116 valence electrons. The number of rotatable bonds is 5. The first kappa shape index (κ1) is 17.0. The van der Waals surface area contributed by atoms with Gasteiger partial charge >= 0.3 is 5.97 Å². The molecular weight excluding hydrogens is 270 g/mol. The summed E-state index contributed by atoms with van der Waals surface area (Å²) in [6, 6.07) is 5.33. The van der Waals surface area contributed by atoms with Gasteiger partial charge in [-0.2, -0.15) is 0 Å². The summed E-state index contributed by atoms with van der Waals surface area (Å²) in [5.74, 6) is -0.280. The number of nitrogens with two attached hydrogens (primary N) is 1. The Morgan fingerprint density at radius 3 is 2.71 bits per heavy atom. The monoisotopic (exact) mass is 293 g/mol. The molecular formula is C15H23N3O3. The Labute approximate surface area is 125 Å². The summed E-state index contributed by atoms with van der Waals surface area (Å²) in [5.41, 5.74) is 7.43. The zero-order chi connectivity index (χ0) is 16.0. The fourth-order valence-corrected chi connectivity index (χ4v) is 1.88. The highest BCUT2D eigenvalue weighted by Crippen LogP contribution is 2.14. The molecule has 1 aromatic carbocycles. The van der Waals surface area contributed by atoms with Crippen LogP contribution >= 0.6 is 0 Å². The van der Waals surface area contributed by atoms with Gasteiger partial charge in [0.15, 0.2) is 0 Å². The maximum Gasteiger partial charge on any atom is 0.320 e. The minimum Gasteiger partial charge on any atom is -0.459 e. The number of anilines is 1.